The number of nitrogens with zero attached hydrogens (tertiary/aromatic N) is 2. The van der Waals surface area contributed by atoms with Crippen molar-refractivity contribution < 1.29 is 14.0 Å². The first kappa shape index (κ1) is 18.3. The molecule has 0 aliphatic carbocycles. The Morgan fingerprint density at radius 2 is 2.08 bits per heavy atom. The number of fused-ring (bicyclic) bond motifs is 1. The van der Waals surface area contributed by atoms with Crippen LogP contribution in [0.5, 0.6) is 0 Å². The third-order valence-corrected chi connectivity index (χ3v) is 4.46. The molecule has 2 atom stereocenters. The number of benzene rings is 1. The van der Waals surface area contributed by atoms with Crippen LogP contribution in [-0.2, 0) is 4.79 Å². The van der Waals surface area contributed by atoms with Crippen LogP contribution in [0.15, 0.2) is 24.3 Å². The summed E-state index contributed by atoms with van der Waals surface area (Å²) >= 11 is 0. The fraction of sp³-hybridized carbons (Fsp3) is 0.421. The van der Waals surface area contributed by atoms with Gasteiger partial charge in [-0.1, -0.05) is 0 Å². The Morgan fingerprint density at radius 1 is 1.35 bits per heavy atom. The average Bonchev–Trinajstić information content (AvgIpc) is 2.94. The maximum Gasteiger partial charge on any atom is 0.255 e. The number of aromatic nitrogens is 1. The Morgan fingerprint density at radius 3 is 2.77 bits per heavy atom. The van der Waals surface area contributed by atoms with Crippen LogP contribution in [0.2, 0.25) is 0 Å². The number of hydrogen-bond acceptors (Lipinski definition) is 4. The Hall–Kier alpha value is -2.54. The van der Waals surface area contributed by atoms with E-state index in [9.17, 15) is 14.0 Å². The van der Waals surface area contributed by atoms with Gasteiger partial charge in [-0.25, -0.2) is 4.39 Å². The van der Waals surface area contributed by atoms with Gasteiger partial charge in [-0.3, -0.25) is 14.6 Å². The van der Waals surface area contributed by atoms with Crippen molar-refractivity contribution in [1.29, 1.82) is 0 Å². The van der Waals surface area contributed by atoms with Crippen molar-refractivity contribution in [3.8, 4) is 0 Å². The van der Waals surface area contributed by atoms with E-state index < -0.39 is 11.9 Å². The fourth-order valence-corrected chi connectivity index (χ4v) is 3.39. The van der Waals surface area contributed by atoms with E-state index in [2.05, 4.69) is 10.3 Å². The van der Waals surface area contributed by atoms with Crippen LogP contribution in [-0.4, -0.2) is 46.4 Å². The summed E-state index contributed by atoms with van der Waals surface area (Å²) in [5.41, 5.74) is 7.46. The largest absolute Gasteiger partial charge is 0.352 e. The maximum atomic E-state index is 13.5. The van der Waals surface area contributed by atoms with Crippen LogP contribution in [0.4, 0.5) is 4.39 Å². The zero-order valence-corrected chi connectivity index (χ0v) is 15.1. The highest BCUT2D eigenvalue weighted by molar-refractivity contribution is 6.07. The molecule has 2 heterocycles. The van der Waals surface area contributed by atoms with E-state index in [1.54, 1.807) is 19.1 Å². The normalized spacial score (nSPS) is 20.0. The second kappa shape index (κ2) is 6.99. The Labute approximate surface area is 151 Å². The van der Waals surface area contributed by atoms with Crippen molar-refractivity contribution in [3.05, 3.63) is 41.3 Å². The van der Waals surface area contributed by atoms with Gasteiger partial charge in [0.25, 0.3) is 5.91 Å². The molecule has 0 unspecified atom stereocenters. The highest BCUT2D eigenvalue weighted by Crippen LogP contribution is 2.25. The molecule has 1 saturated heterocycles. The van der Waals surface area contributed by atoms with Crippen molar-refractivity contribution in [2.45, 2.75) is 45.3 Å². The minimum atomic E-state index is -0.608. The number of nitrogens with one attached hydrogen (secondary N) is 1. The molecule has 1 aromatic heterocycles. The van der Waals surface area contributed by atoms with Crippen molar-refractivity contribution in [3.63, 3.8) is 0 Å². The van der Waals surface area contributed by atoms with E-state index in [1.807, 2.05) is 13.8 Å². The molecular formula is C19H23FN4O2. The van der Waals surface area contributed by atoms with Crippen LogP contribution >= 0.6 is 0 Å². The number of likely N-dealkylation sites (tertiary alicyclic amines) is 1. The molecule has 3 N–H and O–H groups in total. The summed E-state index contributed by atoms with van der Waals surface area (Å²) in [4.78, 5) is 31.5. The lowest BCUT2D eigenvalue weighted by Gasteiger charge is -2.25. The lowest BCUT2D eigenvalue weighted by molar-refractivity contribution is -0.125. The average molecular weight is 358 g/mol. The van der Waals surface area contributed by atoms with E-state index >= 15 is 0 Å². The number of halogens is 1. The van der Waals surface area contributed by atoms with Gasteiger partial charge in [-0.15, -0.1) is 0 Å². The number of carbonyl (C=O) groups excluding carboxylic acids is 2. The van der Waals surface area contributed by atoms with Gasteiger partial charge in [-0.05, 0) is 45.4 Å². The van der Waals surface area contributed by atoms with Crippen LogP contribution in [0.3, 0.4) is 0 Å². The zero-order chi connectivity index (χ0) is 19.0. The van der Waals surface area contributed by atoms with Gasteiger partial charge in [0.05, 0.1) is 11.1 Å². The van der Waals surface area contributed by atoms with E-state index in [4.69, 9.17) is 5.73 Å². The zero-order valence-electron chi connectivity index (χ0n) is 15.1. The highest BCUT2D eigenvalue weighted by Gasteiger charge is 2.39. The van der Waals surface area contributed by atoms with E-state index in [-0.39, 0.29) is 23.9 Å². The second-order valence-corrected chi connectivity index (χ2v) is 7.11. The van der Waals surface area contributed by atoms with Crippen LogP contribution < -0.4 is 11.1 Å². The van der Waals surface area contributed by atoms with Crippen LogP contribution in [0.25, 0.3) is 10.9 Å². The summed E-state index contributed by atoms with van der Waals surface area (Å²) in [5.74, 6) is -0.905. The van der Waals surface area contributed by atoms with Crippen LogP contribution in [0.1, 0.15) is 36.3 Å². The third-order valence-electron chi connectivity index (χ3n) is 4.46. The second-order valence-electron chi connectivity index (χ2n) is 7.11. The molecule has 0 spiro atoms. The molecule has 1 aliphatic rings. The summed E-state index contributed by atoms with van der Waals surface area (Å²) < 4.78 is 13.5. The van der Waals surface area contributed by atoms with Gasteiger partial charge in [-0.2, -0.15) is 0 Å². The predicted molar refractivity (Wildman–Crippen MR) is 97.1 cm³/mol. The molecule has 2 amide bonds. The topological polar surface area (TPSA) is 88.3 Å². The number of rotatable bonds is 3. The fourth-order valence-electron chi connectivity index (χ4n) is 3.39. The quantitative estimate of drug-likeness (QED) is 0.875. The summed E-state index contributed by atoms with van der Waals surface area (Å²) in [6.07, 6.45) is 0.418. The highest BCUT2D eigenvalue weighted by atomic mass is 19.1. The lowest BCUT2D eigenvalue weighted by Crippen LogP contribution is -2.47. The molecular weight excluding hydrogens is 335 g/mol. The van der Waals surface area contributed by atoms with E-state index in [0.29, 0.717) is 35.1 Å². The molecule has 0 radical (unpaired) electrons. The van der Waals surface area contributed by atoms with Crippen LogP contribution in [0, 0.1) is 12.7 Å². The van der Waals surface area contributed by atoms with Gasteiger partial charge in [0.15, 0.2) is 0 Å². The first-order valence-electron chi connectivity index (χ1n) is 8.70. The third kappa shape index (κ3) is 3.53. The monoisotopic (exact) mass is 358 g/mol. The first-order chi connectivity index (χ1) is 12.3. The standard InChI is InChI=1S/C19H23FN4O2/c1-10(2)22-18(25)17-8-13(21)9-24(17)19(26)15-6-11(3)23-16-7-12(20)4-5-14(15)16/h4-7,10,13,17H,8-9,21H2,1-3H3,(H,22,25)/t13-,17-/m0/s1. The summed E-state index contributed by atoms with van der Waals surface area (Å²) in [6.45, 7) is 5.79. The molecule has 138 valence electrons. The Balaban J connectivity index is 2.00. The predicted octanol–water partition coefficient (Wildman–Crippen LogP) is 1.75. The molecule has 0 bridgehead atoms. The summed E-state index contributed by atoms with van der Waals surface area (Å²) in [5, 5.41) is 3.41. The number of hydrogen-bond donors (Lipinski definition) is 2. The number of carbonyl (C=O) groups is 2. The minimum absolute atomic E-state index is 0.0248. The van der Waals surface area contributed by atoms with Gasteiger partial charge in [0.2, 0.25) is 5.91 Å². The minimum Gasteiger partial charge on any atom is -0.352 e. The Bertz CT molecular complexity index is 863. The Kier molecular flexibility index (Phi) is 4.91. The number of aryl methyl sites for hydroxylation is 1. The molecule has 7 heteroatoms. The van der Waals surface area contributed by atoms with Gasteiger partial charge in [0, 0.05) is 35.8 Å². The molecule has 6 nitrogen and oxygen atoms in total. The van der Waals surface area contributed by atoms with Gasteiger partial charge in [0.1, 0.15) is 11.9 Å². The van der Waals surface area contributed by atoms with Crippen molar-refractivity contribution in [2.75, 3.05) is 6.54 Å². The smallest absolute Gasteiger partial charge is 0.255 e. The van der Waals surface area contributed by atoms with E-state index in [1.165, 1.54) is 17.0 Å². The number of amides is 2. The number of nitrogens with two attached hydrogens (primary N) is 1. The number of pyridine rings is 1. The molecule has 2 aromatic rings. The molecule has 26 heavy (non-hydrogen) atoms. The molecule has 0 saturated carbocycles. The summed E-state index contributed by atoms with van der Waals surface area (Å²) in [7, 11) is 0. The van der Waals surface area contributed by atoms with Crippen molar-refractivity contribution >= 4 is 22.7 Å². The lowest BCUT2D eigenvalue weighted by atomic mass is 10.1. The summed E-state index contributed by atoms with van der Waals surface area (Å²) in [6, 6.07) is 4.93. The molecule has 1 fully saturated rings. The molecule has 3 rings (SSSR count). The maximum absolute atomic E-state index is 13.5. The molecule has 1 aromatic carbocycles. The van der Waals surface area contributed by atoms with Crippen molar-refractivity contribution in [2.24, 2.45) is 5.73 Å². The van der Waals surface area contributed by atoms with Gasteiger partial charge < -0.3 is 16.0 Å². The molecule has 1 aliphatic heterocycles. The van der Waals surface area contributed by atoms with E-state index in [0.717, 1.165) is 0 Å². The van der Waals surface area contributed by atoms with Gasteiger partial charge >= 0.3 is 0 Å². The first-order valence-corrected chi connectivity index (χ1v) is 8.70. The SMILES string of the molecule is Cc1cc(C(=O)N2C[C@@H](N)C[C@H]2C(=O)NC(C)C)c2ccc(F)cc2n1. The van der Waals surface area contributed by atoms with Crippen molar-refractivity contribution in [1.82, 2.24) is 15.2 Å².